The van der Waals surface area contributed by atoms with E-state index in [2.05, 4.69) is 0 Å². The van der Waals surface area contributed by atoms with Crippen LogP contribution in [0.15, 0.2) is 45.7 Å². The second-order valence-electron chi connectivity index (χ2n) is 12.5. The van der Waals surface area contributed by atoms with Crippen molar-refractivity contribution < 1.29 is 22.5 Å². The highest BCUT2D eigenvalue weighted by Gasteiger charge is 2.49. The summed E-state index contributed by atoms with van der Waals surface area (Å²) in [5.41, 5.74) is 3.10. The van der Waals surface area contributed by atoms with Crippen molar-refractivity contribution in [2.45, 2.75) is 63.5 Å². The molecule has 1 aromatic heterocycles. The minimum absolute atomic E-state index is 0.0706. The summed E-state index contributed by atoms with van der Waals surface area (Å²) < 4.78 is 48.6. The zero-order valence-corrected chi connectivity index (χ0v) is 29.3. The number of hydrogen-bond acceptors (Lipinski definition) is 9. The molecule has 45 heavy (non-hydrogen) atoms. The van der Waals surface area contributed by atoms with E-state index in [9.17, 15) is 17.8 Å². The fourth-order valence-electron chi connectivity index (χ4n) is 5.94. The number of benzene rings is 2. The van der Waals surface area contributed by atoms with Gasteiger partial charge < -0.3 is 14.2 Å². The lowest BCUT2D eigenvalue weighted by molar-refractivity contribution is 0.0519. The van der Waals surface area contributed by atoms with Gasteiger partial charge in [0.05, 0.1) is 32.9 Å². The number of carbonyl (C=O) groups is 1. The second kappa shape index (κ2) is 12.5. The third-order valence-corrected chi connectivity index (χ3v) is 11.6. The Morgan fingerprint density at radius 3 is 2.42 bits per heavy atom. The number of anilines is 1. The molecule has 2 aromatic carbocycles. The van der Waals surface area contributed by atoms with Crippen LogP contribution in [-0.2, 0) is 32.4 Å². The third kappa shape index (κ3) is 6.47. The maximum atomic E-state index is 13.4. The predicted molar refractivity (Wildman–Crippen MR) is 180 cm³/mol. The first kappa shape index (κ1) is 33.7. The Balaban J connectivity index is 1.56. The molecule has 2 aliphatic rings. The fourth-order valence-corrected chi connectivity index (χ4v) is 7.98. The van der Waals surface area contributed by atoms with Crippen molar-refractivity contribution >= 4 is 61.9 Å². The Morgan fingerprint density at radius 2 is 1.80 bits per heavy atom. The highest BCUT2D eigenvalue weighted by Crippen LogP contribution is 2.48. The van der Waals surface area contributed by atoms with Gasteiger partial charge in [-0.3, -0.25) is 0 Å². The average molecular weight is 692 g/mol. The van der Waals surface area contributed by atoms with Crippen LogP contribution in [0.3, 0.4) is 0 Å². The number of aromatic nitrogens is 2. The largest absolute Gasteiger partial charge is 0.591 e. The quantitative estimate of drug-likeness (QED) is 0.214. The van der Waals surface area contributed by atoms with E-state index >= 15 is 0 Å². The zero-order valence-electron chi connectivity index (χ0n) is 26.1. The predicted octanol–water partition coefficient (Wildman–Crippen LogP) is 6.43. The van der Waals surface area contributed by atoms with E-state index in [0.29, 0.717) is 76.4 Å². The molecule has 9 nitrogen and oxygen atoms in total. The van der Waals surface area contributed by atoms with Crippen molar-refractivity contribution in [3.8, 4) is 11.3 Å². The summed E-state index contributed by atoms with van der Waals surface area (Å²) >= 11 is 11.2. The number of fused-ring (bicyclic) bond motifs is 1. The normalized spacial score (nSPS) is 17.9. The van der Waals surface area contributed by atoms with Gasteiger partial charge in [-0.05, 0) is 71.6 Å². The van der Waals surface area contributed by atoms with Gasteiger partial charge in [-0.2, -0.15) is 0 Å². The van der Waals surface area contributed by atoms with Gasteiger partial charge in [0.25, 0.3) is 0 Å². The van der Waals surface area contributed by atoms with Crippen molar-refractivity contribution in [1.29, 1.82) is 0 Å². The number of piperidine rings is 1. The summed E-state index contributed by atoms with van der Waals surface area (Å²) in [4.78, 5) is 25.0. The molecule has 240 valence electrons. The lowest BCUT2D eigenvalue weighted by Crippen LogP contribution is -2.45. The van der Waals surface area contributed by atoms with Gasteiger partial charge in [-0.1, -0.05) is 51.9 Å². The number of rotatable bonds is 6. The van der Waals surface area contributed by atoms with Crippen LogP contribution in [0.2, 0.25) is 10.0 Å². The minimum atomic E-state index is -3.58. The molecule has 5 rings (SSSR count). The molecule has 0 radical (unpaired) electrons. The van der Waals surface area contributed by atoms with Gasteiger partial charge in [0, 0.05) is 35.9 Å². The number of esters is 1. The number of halogens is 2. The molecule has 1 atom stereocenters. The van der Waals surface area contributed by atoms with Crippen LogP contribution >= 0.6 is 23.2 Å². The standard InChI is InChI=1S/C32H36Cl2N4O5S2/c1-7-43-30(39)27-29(35-19(2)26(36-27)21-11-9-12-22(33)25(21)34)38-16-14-32(15-17-38)18-20-10-8-13-23(45(6,41)42)24(20)28(32)37-44(40)31(3,4)5/h8-13H,7,14-18H2,1-6H3. The van der Waals surface area contributed by atoms with Gasteiger partial charge in [0.2, 0.25) is 0 Å². The number of ether oxygens (including phenoxy) is 1. The molecule has 1 unspecified atom stereocenters. The van der Waals surface area contributed by atoms with Gasteiger partial charge >= 0.3 is 5.97 Å². The van der Waals surface area contributed by atoms with E-state index in [4.69, 9.17) is 42.3 Å². The summed E-state index contributed by atoms with van der Waals surface area (Å²) in [6, 6.07) is 10.5. The van der Waals surface area contributed by atoms with E-state index in [0.717, 1.165) is 5.56 Å². The van der Waals surface area contributed by atoms with Gasteiger partial charge in [0.1, 0.15) is 21.8 Å². The van der Waals surface area contributed by atoms with Crippen molar-refractivity contribution in [3.05, 3.63) is 69.0 Å². The molecular formula is C32H36Cl2N4O5S2. The Morgan fingerprint density at radius 1 is 1.13 bits per heavy atom. The van der Waals surface area contributed by atoms with E-state index in [1.807, 2.05) is 31.7 Å². The van der Waals surface area contributed by atoms with E-state index in [1.165, 1.54) is 6.26 Å². The summed E-state index contributed by atoms with van der Waals surface area (Å²) in [6.45, 7) is 10.2. The molecule has 1 spiro atoms. The molecule has 3 aromatic rings. The minimum Gasteiger partial charge on any atom is -0.591 e. The van der Waals surface area contributed by atoms with Crippen LogP contribution in [0.5, 0.6) is 0 Å². The first-order chi connectivity index (χ1) is 21.1. The first-order valence-electron chi connectivity index (χ1n) is 14.7. The molecule has 1 fully saturated rings. The molecule has 0 N–H and O–H groups in total. The van der Waals surface area contributed by atoms with Crippen molar-refractivity contribution in [1.82, 2.24) is 9.97 Å². The maximum absolute atomic E-state index is 13.4. The summed E-state index contributed by atoms with van der Waals surface area (Å²) in [5, 5.41) is 0.674. The number of sulfone groups is 1. The number of aryl methyl sites for hydroxylation is 1. The van der Waals surface area contributed by atoms with Crippen molar-refractivity contribution in [2.24, 2.45) is 9.81 Å². The first-order valence-corrected chi connectivity index (χ1v) is 18.4. The Kier molecular flexibility index (Phi) is 9.34. The molecular weight excluding hydrogens is 655 g/mol. The lowest BCUT2D eigenvalue weighted by Gasteiger charge is -2.40. The fraction of sp³-hybridized carbons (Fsp3) is 0.438. The van der Waals surface area contributed by atoms with Gasteiger partial charge in [-0.15, -0.1) is 0 Å². The average Bonchev–Trinajstić information content (AvgIpc) is 3.26. The SMILES string of the molecule is CCOC(=O)c1nc(-c2cccc(Cl)c2Cl)c(C)nc1N1CCC2(CC1)Cc1cccc(S(C)(=O)=O)c1C2=N[S+]([O-])C(C)(C)C. The highest BCUT2D eigenvalue weighted by molar-refractivity contribution is 7.91. The maximum Gasteiger partial charge on any atom is 0.360 e. The lowest BCUT2D eigenvalue weighted by atomic mass is 9.74. The van der Waals surface area contributed by atoms with Crippen LogP contribution in [0.4, 0.5) is 5.82 Å². The zero-order chi connectivity index (χ0) is 32.9. The third-order valence-electron chi connectivity index (χ3n) is 8.23. The van der Waals surface area contributed by atoms with Crippen LogP contribution in [0.1, 0.15) is 67.8 Å². The topological polar surface area (TPSA) is 125 Å². The van der Waals surface area contributed by atoms with Gasteiger partial charge in [-0.25, -0.2) is 23.2 Å². The summed E-state index contributed by atoms with van der Waals surface area (Å²) in [6.07, 6.45) is 2.89. The number of hydrogen-bond donors (Lipinski definition) is 0. The van der Waals surface area contributed by atoms with E-state index in [-0.39, 0.29) is 17.2 Å². The summed E-state index contributed by atoms with van der Waals surface area (Å²) in [5.74, 6) is -0.208. The molecule has 2 heterocycles. The Bertz CT molecular complexity index is 1800. The molecule has 1 saturated heterocycles. The monoisotopic (exact) mass is 690 g/mol. The molecule has 13 heteroatoms. The van der Waals surface area contributed by atoms with E-state index < -0.39 is 37.3 Å². The van der Waals surface area contributed by atoms with Gasteiger partial charge in [0.15, 0.2) is 21.3 Å². The van der Waals surface area contributed by atoms with Crippen molar-refractivity contribution in [3.63, 3.8) is 0 Å². The molecule has 1 aliphatic heterocycles. The van der Waals surface area contributed by atoms with Crippen LogP contribution in [-0.4, -0.2) is 65.3 Å². The Labute approximate surface area is 277 Å². The van der Waals surface area contributed by atoms with Crippen LogP contribution in [0, 0.1) is 12.3 Å². The van der Waals surface area contributed by atoms with Crippen LogP contribution < -0.4 is 4.90 Å². The smallest absolute Gasteiger partial charge is 0.360 e. The van der Waals surface area contributed by atoms with Crippen molar-refractivity contribution in [2.75, 3.05) is 30.9 Å². The molecule has 0 saturated carbocycles. The Hall–Kier alpha value is -2.70. The highest BCUT2D eigenvalue weighted by atomic mass is 35.5. The molecule has 0 amide bonds. The van der Waals surface area contributed by atoms with Crippen LogP contribution in [0.25, 0.3) is 11.3 Å². The molecule has 0 bridgehead atoms. The second-order valence-corrected chi connectivity index (χ2v) is 17.1. The summed E-state index contributed by atoms with van der Waals surface area (Å²) in [7, 11) is -3.58. The molecule has 1 aliphatic carbocycles. The number of carbonyl (C=O) groups excluding carboxylic acids is 1. The number of nitrogens with zero attached hydrogens (tertiary/aromatic N) is 4. The van der Waals surface area contributed by atoms with E-state index in [1.54, 1.807) is 44.2 Å².